The van der Waals surface area contributed by atoms with Crippen LogP contribution in [0.4, 0.5) is 0 Å². The van der Waals surface area contributed by atoms with Crippen molar-refractivity contribution in [2.45, 2.75) is 242 Å². The molecule has 2 saturated heterocycles. The minimum absolute atomic E-state index is 0. The molecule has 2 unspecified atom stereocenters. The van der Waals surface area contributed by atoms with E-state index in [4.69, 9.17) is 88.7 Å². The van der Waals surface area contributed by atoms with Gasteiger partial charge in [-0.05, 0) is 37.1 Å². The van der Waals surface area contributed by atoms with Crippen molar-refractivity contribution in [3.63, 3.8) is 0 Å². The Labute approximate surface area is 827 Å². The molecule has 7 heterocycles. The van der Waals surface area contributed by atoms with Crippen LogP contribution in [0.15, 0.2) is 67.8 Å². The van der Waals surface area contributed by atoms with Gasteiger partial charge in [0.25, 0.3) is 7.82 Å². The zero-order valence-electron chi connectivity index (χ0n) is 79.4. The summed E-state index contributed by atoms with van der Waals surface area (Å²) in [5.41, 5.74) is 34.4. The number of nitrogens with two attached hydrogens (primary N) is 6. The molecule has 47 nitrogen and oxygen atoms in total. The van der Waals surface area contributed by atoms with E-state index in [9.17, 15) is 112 Å². The number of carboxylic acids is 5. The van der Waals surface area contributed by atoms with E-state index in [0.717, 1.165) is 16.0 Å². The zero-order chi connectivity index (χ0) is 104. The first-order valence-electron chi connectivity index (χ1n) is 43.5. The van der Waals surface area contributed by atoms with Gasteiger partial charge in [-0.3, -0.25) is 33.4 Å². The van der Waals surface area contributed by atoms with Crippen LogP contribution in [0.1, 0.15) is 191 Å². The van der Waals surface area contributed by atoms with E-state index < -0.39 is 228 Å². The number of carbonyl (C=O) groups excluding carboxylic acids is 11. The maximum absolute atomic E-state index is 14.5. The fourth-order valence-electron chi connectivity index (χ4n) is 18.1. The van der Waals surface area contributed by atoms with Crippen LogP contribution in [0.25, 0.3) is 11.0 Å². The number of aliphatic carboxylic acids is 5. The van der Waals surface area contributed by atoms with Crippen molar-refractivity contribution in [3.8, 4) is 5.00 Å². The Morgan fingerprint density at radius 1 is 0.672 bits per heavy atom. The van der Waals surface area contributed by atoms with E-state index in [1.165, 1.54) is 45.5 Å². The number of aliphatic hydroxyl groups is 6. The van der Waals surface area contributed by atoms with Gasteiger partial charge in [0.15, 0.2) is 6.23 Å². The summed E-state index contributed by atoms with van der Waals surface area (Å²) < 4.78 is 33.7. The molecule has 6 aliphatic rings. The Morgan fingerprint density at radius 2 is 1.16 bits per heavy atom. The van der Waals surface area contributed by atoms with Crippen LogP contribution in [0.3, 0.4) is 0 Å². The maximum atomic E-state index is 14.5. The summed E-state index contributed by atoms with van der Waals surface area (Å²) in [6, 6.07) is 2.56. The molecule has 8 bridgehead atoms. The quantitative estimate of drug-likeness (QED) is 0.0223. The second kappa shape index (κ2) is 50.0. The van der Waals surface area contributed by atoms with E-state index in [2.05, 4.69) is 25.9 Å². The first kappa shape index (κ1) is 120. The number of allylic oxidation sites excluding steroid dienone is 6. The summed E-state index contributed by atoms with van der Waals surface area (Å²) in [6.45, 7) is 22.2. The number of aromatic nitrogens is 2. The normalized spacial score (nSPS) is 26.6. The van der Waals surface area contributed by atoms with Crippen LogP contribution in [0.2, 0.25) is 0 Å². The predicted molar refractivity (Wildman–Crippen MR) is 480 cm³/mol. The average molecular weight is 2020 g/mol. The van der Waals surface area contributed by atoms with Gasteiger partial charge >= 0.3 is 473 Å². The average Bonchev–Trinajstić information content (AvgIpc) is 1.51. The number of carboxylic acid groups (broad SMARTS) is 5. The van der Waals surface area contributed by atoms with Crippen LogP contribution < -0.4 is 65.5 Å². The van der Waals surface area contributed by atoms with Gasteiger partial charge in [-0.1, -0.05) is 27.7 Å². The Balaban J connectivity index is 0.000000728. The minimum atomic E-state index is -5.35. The van der Waals surface area contributed by atoms with Crippen molar-refractivity contribution in [1.29, 1.82) is 5.26 Å². The molecule has 50 heteroatoms. The van der Waals surface area contributed by atoms with Gasteiger partial charge in [-0.2, -0.15) is 0 Å². The van der Waals surface area contributed by atoms with E-state index in [0.29, 0.717) is 56.4 Å². The number of carbonyl (C=O) groups is 14. The van der Waals surface area contributed by atoms with Crippen LogP contribution in [0.5, 0.6) is 0 Å². The summed E-state index contributed by atoms with van der Waals surface area (Å²) in [6.07, 6.45) is -8.74. The summed E-state index contributed by atoms with van der Waals surface area (Å²) in [5.74, 6) is -15.6. The number of primary amides is 6. The fraction of sp³-hybridized carbons (Fsp3) is 0.644. The number of hydrogen-bond acceptors (Lipinski definition) is 34. The fourth-order valence-corrected chi connectivity index (χ4v) is 20.4. The number of amides is 9. The van der Waals surface area contributed by atoms with E-state index in [1.807, 2.05) is 53.7 Å². The van der Waals surface area contributed by atoms with Gasteiger partial charge in [0.05, 0.1) is 56.8 Å². The number of rotatable bonds is 45. The first-order chi connectivity index (χ1) is 62.8. The zero-order valence-corrected chi connectivity index (χ0v) is 83.6. The van der Waals surface area contributed by atoms with Gasteiger partial charge in [0.2, 0.25) is 11.8 Å². The van der Waals surface area contributed by atoms with Crippen LogP contribution in [-0.4, -0.2) is 310 Å². The molecule has 137 heavy (non-hydrogen) atoms. The number of phosphoric ester groups is 1. The van der Waals surface area contributed by atoms with Crippen LogP contribution in [-0.2, 0) is 100 Å². The molecule has 6 aliphatic heterocycles. The van der Waals surface area contributed by atoms with Gasteiger partial charge < -0.3 is 95.1 Å². The summed E-state index contributed by atoms with van der Waals surface area (Å²) >= 11 is 0.0230. The Kier molecular flexibility index (Phi) is 43.6. The molecule has 0 aliphatic carbocycles. The number of aryl methyl sites for hydroxylation is 2. The number of phosphoric acid groups is 1. The van der Waals surface area contributed by atoms with E-state index in [-0.39, 0.29) is 169 Å². The summed E-state index contributed by atoms with van der Waals surface area (Å²) in [7, 11) is -5.35. The van der Waals surface area contributed by atoms with Crippen molar-refractivity contribution in [2.24, 2.45) is 106 Å². The predicted octanol–water partition coefficient (Wildman–Crippen LogP) is -3.87. The van der Waals surface area contributed by atoms with Crippen LogP contribution >= 0.6 is 7.82 Å². The molecule has 0 saturated carbocycles. The number of ether oxygens (including phenoxy) is 1. The number of nitrogens with one attached hydrogen (secondary N) is 3. The molecule has 2 aromatic rings. The summed E-state index contributed by atoms with van der Waals surface area (Å²) in [4.78, 5) is 203. The van der Waals surface area contributed by atoms with Gasteiger partial charge in [-0.15, -0.1) is 0 Å². The molecule has 17 atom stereocenters. The number of aliphatic hydroxyl groups excluding tert-OH is 6. The Hall–Kier alpha value is -9.65. The number of aliphatic imine (C=N–C) groups is 3. The van der Waals surface area contributed by atoms with E-state index >= 15 is 0 Å². The topological polar surface area (TPSA) is 812 Å². The Bertz CT molecular complexity index is 5060. The molecule has 2 fully saturated rings. The number of hydrogen-bond donors (Lipinski definition) is 18. The van der Waals surface area contributed by atoms with Crippen molar-refractivity contribution >= 4 is 157 Å². The molecule has 8 rings (SSSR count). The third-order valence-corrected chi connectivity index (χ3v) is 28.1. The van der Waals surface area contributed by atoms with Crippen molar-refractivity contribution in [3.05, 3.63) is 63.9 Å². The van der Waals surface area contributed by atoms with Crippen molar-refractivity contribution < 1.29 is 161 Å². The van der Waals surface area contributed by atoms with Crippen molar-refractivity contribution in [2.75, 3.05) is 59.1 Å². The molecular formula is C87H129CaCoN17O30P. The number of nitriles is 1. The smallest absolute Gasteiger partial charge is 0.550 e. The number of benzene rings is 1. The molecular weight excluding hydrogens is 1890 g/mol. The van der Waals surface area contributed by atoms with Gasteiger partial charge in [-0.25, -0.2) is 4.98 Å². The third-order valence-electron chi connectivity index (χ3n) is 25.9. The van der Waals surface area contributed by atoms with Crippen molar-refractivity contribution in [1.82, 2.24) is 34.3 Å². The second-order valence-corrected chi connectivity index (χ2v) is 39.8. The number of nitrogens with zero attached hydrogens (tertiary/aromatic N) is 8. The standard InChI is InChI=1S/C62H90N13O14P.2C9H17NO5.C6H9NO6.CN.Ca.Co/c1-29-20-39-40(21-30(29)2)75(28-70-39)57-52(84)53(41(27-76)87-57)89-90(85,86)88-31(3)26-69-49(83)18-19-59(8)37(22-46(66)80)56-62(11)61(10,25-48(68)82)36(14-17-45(65)79)51(74-62)33(5)55-60(9,24-47(67)81)34(12-15-43(63)77)38(71-55)23-42-58(6,7)35(13-16-44(64)78)50(72-42)32(4)54(59)73-56;2*1-9(2,5-11)7(14)8(15)10-4-3-6(12)13;8-4(9)1-7(2-5(10)11)3-6(12)13;1-2;;/h20-21,23,28,31,34-37,41,52-53,56-57,76,84H,12-19,22,24-27H2,1-11H3,(H15,63,64,65,66,67,68,69,71,72,73,74,77,78,79,80,81,82,83,85,86);2*7,11,14H,3-5H2,1-2H3,(H,10,15)(H,12,13);1-3H2,(H,8,9)(H,10,11)(H,12,13);;;/q;;;;;2*+2/p-4/t31?,34-,35-,36-,37+,41-,52-,53-,56-,57+,59-,60+,61+,62+;2*7-;;;;/m100..../s1. The molecule has 758 valence electrons. The first-order valence-corrected chi connectivity index (χ1v) is 45.9. The number of fused-ring (bicyclic) bond motifs is 7. The van der Waals surface area contributed by atoms with E-state index in [1.54, 1.807) is 37.7 Å². The molecule has 9 amide bonds. The molecule has 1 aromatic heterocycles. The summed E-state index contributed by atoms with van der Waals surface area (Å²) in [5, 5.41) is 124. The molecule has 0 radical (unpaired) electrons. The monoisotopic (exact) mass is 2020 g/mol. The molecule has 24 N–H and O–H groups in total. The molecule has 0 spiro atoms. The second-order valence-electron chi connectivity index (χ2n) is 37.5. The number of imidazole rings is 1. The van der Waals surface area contributed by atoms with Crippen LogP contribution in [0, 0.1) is 80.3 Å². The SMILES string of the molecule is C/C1=C2N=C(/C=C3N=C(/C(C)=C4/[C@@H](CCC(N)=O)[C@](C)(CC(N)=O)[C@](C)([C@@H]5N=C1[C@](C)(CCC(=O)NCC(C)OP(=O)([O-])O[C@H]1[C@@H](O)[C@@H](n6cnc7cc(C)c(C)cc76)O[C@@H]1CO)[C@H]5CC(N)=O)[N]4[Co+][C]#N)[C@@](C)(CC(N)=O)[C@@H]\3CCC(N)=O)C(C)(C)[C@@H]/2CCC(N)=O.CC(C)(CO)[C@@H](O)C(=O)NCCC(=O)[O-].CC(C)(CO)[C@@H](O)C(=O)NCCC(=O)[O-].O=C(O)CN(CC(=O)O)CC(=O)O.[Ca+2]. The van der Waals surface area contributed by atoms with Gasteiger partial charge in [0.1, 0.15) is 30.5 Å². The molecule has 1 aromatic carbocycles. The third kappa shape index (κ3) is 30.0. The Morgan fingerprint density at radius 3 is 1.61 bits per heavy atom. The minimum Gasteiger partial charge on any atom is -0.550 e. The van der Waals surface area contributed by atoms with Gasteiger partial charge in [0, 0.05) is 48.7 Å².